The van der Waals surface area contributed by atoms with Crippen molar-refractivity contribution in [3.05, 3.63) is 120 Å². The molecule has 0 unspecified atom stereocenters. The van der Waals surface area contributed by atoms with E-state index >= 15 is 0 Å². The quantitative estimate of drug-likeness (QED) is 0.238. The van der Waals surface area contributed by atoms with Crippen molar-refractivity contribution in [2.24, 2.45) is 0 Å². The van der Waals surface area contributed by atoms with Crippen LogP contribution in [0.4, 0.5) is 0 Å². The van der Waals surface area contributed by atoms with Gasteiger partial charge >= 0.3 is 0 Å². The van der Waals surface area contributed by atoms with Crippen molar-refractivity contribution in [3.8, 4) is 22.3 Å². The Labute approximate surface area is 209 Å². The van der Waals surface area contributed by atoms with Gasteiger partial charge in [-0.25, -0.2) is 0 Å². The van der Waals surface area contributed by atoms with Gasteiger partial charge in [-0.1, -0.05) is 105 Å². The fourth-order valence-electron chi connectivity index (χ4n) is 6.47. The van der Waals surface area contributed by atoms with E-state index in [9.17, 15) is 0 Å². The second-order valence-electron chi connectivity index (χ2n) is 10.5. The summed E-state index contributed by atoms with van der Waals surface area (Å²) in [4.78, 5) is 0. The molecule has 1 aliphatic rings. The molecule has 0 saturated carbocycles. The van der Waals surface area contributed by atoms with Gasteiger partial charge < -0.3 is 4.42 Å². The fourth-order valence-corrected chi connectivity index (χ4v) is 6.47. The van der Waals surface area contributed by atoms with Crippen molar-refractivity contribution in [2.45, 2.75) is 19.3 Å². The molecule has 0 fully saturated rings. The van der Waals surface area contributed by atoms with Gasteiger partial charge in [0.25, 0.3) is 0 Å². The molecule has 0 atom stereocenters. The maximum atomic E-state index is 6.69. The minimum absolute atomic E-state index is 0.0397. The highest BCUT2D eigenvalue weighted by atomic mass is 16.3. The summed E-state index contributed by atoms with van der Waals surface area (Å²) in [7, 11) is 0. The van der Waals surface area contributed by atoms with Gasteiger partial charge in [-0.2, -0.15) is 0 Å². The molecule has 1 heteroatoms. The molecule has 6 aromatic carbocycles. The molecule has 170 valence electrons. The van der Waals surface area contributed by atoms with Crippen LogP contribution in [0, 0.1) is 0 Å². The lowest BCUT2D eigenvalue weighted by molar-refractivity contribution is 0.660. The molecule has 1 heterocycles. The Morgan fingerprint density at radius 2 is 1.22 bits per heavy atom. The van der Waals surface area contributed by atoms with Gasteiger partial charge in [-0.05, 0) is 67.6 Å². The van der Waals surface area contributed by atoms with Crippen LogP contribution in [0.15, 0.2) is 114 Å². The Bertz CT molecular complexity index is 2020. The zero-order valence-corrected chi connectivity index (χ0v) is 20.3. The highest BCUT2D eigenvalue weighted by Gasteiger charge is 2.35. The third kappa shape index (κ3) is 2.50. The maximum absolute atomic E-state index is 6.69. The molecule has 0 N–H and O–H groups in total. The first kappa shape index (κ1) is 19.9. The Balaban J connectivity index is 1.49. The van der Waals surface area contributed by atoms with Crippen molar-refractivity contribution in [1.82, 2.24) is 0 Å². The lowest BCUT2D eigenvalue weighted by Crippen LogP contribution is -2.14. The van der Waals surface area contributed by atoms with Gasteiger partial charge in [-0.15, -0.1) is 0 Å². The third-order valence-corrected chi connectivity index (χ3v) is 8.25. The largest absolute Gasteiger partial charge is 0.455 e. The molecule has 0 radical (unpaired) electrons. The Hall–Kier alpha value is -4.36. The van der Waals surface area contributed by atoms with Crippen molar-refractivity contribution in [3.63, 3.8) is 0 Å². The predicted molar refractivity (Wildman–Crippen MR) is 152 cm³/mol. The van der Waals surface area contributed by atoms with Crippen LogP contribution in [0.1, 0.15) is 25.0 Å². The van der Waals surface area contributed by atoms with Crippen LogP contribution in [-0.2, 0) is 5.41 Å². The normalized spacial score (nSPS) is 14.1. The lowest BCUT2D eigenvalue weighted by atomic mass is 9.81. The molecule has 0 amide bonds. The van der Waals surface area contributed by atoms with Gasteiger partial charge in [0.1, 0.15) is 11.2 Å². The molecular weight excluding hydrogens is 436 g/mol. The standard InChI is InChI=1S/C35H24O/c1-35(2)29-14-8-7-13-26(29)27-17-15-23(20-30(27)35)28-19-22-10-4-6-12-25(22)33-32-24-11-5-3-9-21(24)16-18-31(32)36-34(28)33/h3-20H,1-2H3. The van der Waals surface area contributed by atoms with E-state index < -0.39 is 0 Å². The number of hydrogen-bond acceptors (Lipinski definition) is 1. The molecule has 0 saturated heterocycles. The number of benzene rings is 6. The summed E-state index contributed by atoms with van der Waals surface area (Å²) < 4.78 is 6.69. The third-order valence-electron chi connectivity index (χ3n) is 8.25. The molecular formula is C35H24O. The lowest BCUT2D eigenvalue weighted by Gasteiger charge is -2.22. The monoisotopic (exact) mass is 460 g/mol. The zero-order chi connectivity index (χ0) is 24.0. The highest BCUT2D eigenvalue weighted by molar-refractivity contribution is 6.28. The van der Waals surface area contributed by atoms with Crippen LogP contribution in [0.2, 0.25) is 0 Å². The van der Waals surface area contributed by atoms with Gasteiger partial charge in [0.2, 0.25) is 0 Å². The summed E-state index contributed by atoms with van der Waals surface area (Å²) in [6.07, 6.45) is 0. The molecule has 36 heavy (non-hydrogen) atoms. The Morgan fingerprint density at radius 1 is 0.528 bits per heavy atom. The predicted octanol–water partition coefficient (Wildman–Crippen LogP) is 9.87. The molecule has 1 nitrogen and oxygen atoms in total. The minimum atomic E-state index is -0.0397. The van der Waals surface area contributed by atoms with Gasteiger partial charge in [0, 0.05) is 21.8 Å². The first-order valence-electron chi connectivity index (χ1n) is 12.6. The van der Waals surface area contributed by atoms with Crippen molar-refractivity contribution < 1.29 is 4.42 Å². The first-order chi connectivity index (χ1) is 17.6. The van der Waals surface area contributed by atoms with Crippen LogP contribution >= 0.6 is 0 Å². The van der Waals surface area contributed by atoms with Gasteiger partial charge in [-0.3, -0.25) is 0 Å². The SMILES string of the molecule is CC1(C)c2ccccc2-c2ccc(-c3cc4ccccc4c4c3oc3ccc5ccccc5c34)cc21. The second-order valence-corrected chi connectivity index (χ2v) is 10.5. The Kier molecular flexibility index (Phi) is 3.79. The fraction of sp³-hybridized carbons (Fsp3) is 0.0857. The minimum Gasteiger partial charge on any atom is -0.455 e. The topological polar surface area (TPSA) is 13.1 Å². The molecule has 1 aliphatic carbocycles. The Morgan fingerprint density at radius 3 is 2.08 bits per heavy atom. The summed E-state index contributed by atoms with van der Waals surface area (Å²) in [6, 6.07) is 39.7. The van der Waals surface area contributed by atoms with Crippen LogP contribution in [0.25, 0.3) is 65.7 Å². The first-order valence-corrected chi connectivity index (χ1v) is 12.6. The number of furan rings is 1. The average Bonchev–Trinajstić information content (AvgIpc) is 3.42. The highest BCUT2D eigenvalue weighted by Crippen LogP contribution is 2.50. The summed E-state index contributed by atoms with van der Waals surface area (Å²) >= 11 is 0. The van der Waals surface area contributed by atoms with Gasteiger partial charge in [0.15, 0.2) is 0 Å². The van der Waals surface area contributed by atoms with E-state index in [0.29, 0.717) is 0 Å². The van der Waals surface area contributed by atoms with E-state index in [1.54, 1.807) is 0 Å². The summed E-state index contributed by atoms with van der Waals surface area (Å²) in [5.41, 5.74) is 9.69. The van der Waals surface area contributed by atoms with E-state index in [1.807, 2.05) is 0 Å². The smallest absolute Gasteiger partial charge is 0.143 e. The zero-order valence-electron chi connectivity index (χ0n) is 20.3. The molecule has 0 aliphatic heterocycles. The number of fused-ring (bicyclic) bond motifs is 10. The van der Waals surface area contributed by atoms with Crippen LogP contribution < -0.4 is 0 Å². The van der Waals surface area contributed by atoms with Crippen LogP contribution in [0.3, 0.4) is 0 Å². The van der Waals surface area contributed by atoms with Crippen molar-refractivity contribution in [2.75, 3.05) is 0 Å². The van der Waals surface area contributed by atoms with E-state index in [1.165, 1.54) is 60.1 Å². The second kappa shape index (κ2) is 6.86. The van der Waals surface area contributed by atoms with E-state index in [0.717, 1.165) is 16.7 Å². The average molecular weight is 461 g/mol. The van der Waals surface area contributed by atoms with Crippen molar-refractivity contribution in [1.29, 1.82) is 0 Å². The van der Waals surface area contributed by atoms with E-state index in [4.69, 9.17) is 4.42 Å². The molecule has 0 spiro atoms. The number of hydrogen-bond donors (Lipinski definition) is 0. The molecule has 8 rings (SSSR count). The summed E-state index contributed by atoms with van der Waals surface area (Å²) in [5, 5.41) is 7.35. The molecule has 0 bridgehead atoms. The number of rotatable bonds is 1. The summed E-state index contributed by atoms with van der Waals surface area (Å²) in [5.74, 6) is 0. The molecule has 1 aromatic heterocycles. The summed E-state index contributed by atoms with van der Waals surface area (Å²) in [6.45, 7) is 4.68. The molecule has 7 aromatic rings. The van der Waals surface area contributed by atoms with Crippen molar-refractivity contribution >= 4 is 43.5 Å². The van der Waals surface area contributed by atoms with E-state index in [-0.39, 0.29) is 5.41 Å². The van der Waals surface area contributed by atoms with E-state index in [2.05, 4.69) is 123 Å². The van der Waals surface area contributed by atoms with Crippen LogP contribution in [-0.4, -0.2) is 0 Å². The maximum Gasteiger partial charge on any atom is 0.143 e. The van der Waals surface area contributed by atoms with Gasteiger partial charge in [0.05, 0.1) is 0 Å². The van der Waals surface area contributed by atoms with Crippen LogP contribution in [0.5, 0.6) is 0 Å².